The van der Waals surface area contributed by atoms with Gasteiger partial charge in [-0.25, -0.2) is 8.70 Å². The molecule has 3 aromatic rings. The zero-order valence-electron chi connectivity index (χ0n) is 20.9. The first-order chi connectivity index (χ1) is 17.4. The average Bonchev–Trinajstić information content (AvgIpc) is 2.92. The van der Waals surface area contributed by atoms with Gasteiger partial charge in [0.25, 0.3) is 5.91 Å². The second kappa shape index (κ2) is 10.4. The standard InChI is InChI=1S/C28H33FN4O2S/c1-20(34)28(21-6-4-3-5-7-21)10-12-31(13-11-28)26-23-18-22(29)8-9-25(23)30-19-24(26)27(35)32-14-16-33(36-2)17-15-32/h3-9,18-20,34H,10-17H2,1-2H3. The second-order valence-corrected chi connectivity index (χ2v) is 10.7. The molecule has 6 nitrogen and oxygen atoms in total. The molecule has 1 unspecified atom stereocenters. The maximum atomic E-state index is 14.4. The molecule has 2 aromatic carbocycles. The lowest BCUT2D eigenvalue weighted by molar-refractivity contribution is 0.0700. The number of fused-ring (bicyclic) bond motifs is 1. The summed E-state index contributed by atoms with van der Waals surface area (Å²) in [7, 11) is 0. The third-order valence-electron chi connectivity index (χ3n) is 7.94. The molecule has 8 heteroatoms. The van der Waals surface area contributed by atoms with Gasteiger partial charge in [0.15, 0.2) is 0 Å². The summed E-state index contributed by atoms with van der Waals surface area (Å²) in [6.45, 7) is 6.10. The zero-order valence-corrected chi connectivity index (χ0v) is 21.7. The highest BCUT2D eigenvalue weighted by Crippen LogP contribution is 2.42. The minimum Gasteiger partial charge on any atom is -0.392 e. The summed E-state index contributed by atoms with van der Waals surface area (Å²) in [5.74, 6) is -0.400. The minimum absolute atomic E-state index is 0.0557. The maximum Gasteiger partial charge on any atom is 0.257 e. The van der Waals surface area contributed by atoms with Crippen molar-refractivity contribution in [3.05, 3.63) is 71.7 Å². The van der Waals surface area contributed by atoms with Crippen LogP contribution in [0.4, 0.5) is 10.1 Å². The van der Waals surface area contributed by atoms with Gasteiger partial charge in [0.1, 0.15) is 5.82 Å². The number of benzene rings is 2. The van der Waals surface area contributed by atoms with E-state index in [1.165, 1.54) is 12.1 Å². The van der Waals surface area contributed by atoms with Crippen LogP contribution in [-0.2, 0) is 5.41 Å². The number of aliphatic hydroxyl groups excluding tert-OH is 1. The lowest BCUT2D eigenvalue weighted by atomic mass is 9.69. The minimum atomic E-state index is -0.512. The van der Waals surface area contributed by atoms with E-state index in [4.69, 9.17) is 0 Å². The van der Waals surface area contributed by atoms with Crippen LogP contribution in [0.1, 0.15) is 35.7 Å². The number of halogens is 1. The summed E-state index contributed by atoms with van der Waals surface area (Å²) in [5, 5.41) is 11.5. The fourth-order valence-corrected chi connectivity index (χ4v) is 6.27. The van der Waals surface area contributed by atoms with Crippen molar-refractivity contribution in [2.45, 2.75) is 31.3 Å². The van der Waals surface area contributed by atoms with E-state index >= 15 is 0 Å². The summed E-state index contributed by atoms with van der Waals surface area (Å²) in [5.41, 5.74) is 2.72. The Kier molecular flexibility index (Phi) is 7.19. The van der Waals surface area contributed by atoms with Crippen LogP contribution in [0.5, 0.6) is 0 Å². The number of nitrogens with zero attached hydrogens (tertiary/aromatic N) is 4. The van der Waals surface area contributed by atoms with Crippen molar-refractivity contribution in [1.29, 1.82) is 0 Å². The highest BCUT2D eigenvalue weighted by molar-refractivity contribution is 7.96. The van der Waals surface area contributed by atoms with Crippen molar-refractivity contribution in [2.75, 3.05) is 50.4 Å². The van der Waals surface area contributed by atoms with E-state index < -0.39 is 6.10 Å². The quantitative estimate of drug-likeness (QED) is 0.518. The molecular weight excluding hydrogens is 475 g/mol. The van der Waals surface area contributed by atoms with E-state index in [-0.39, 0.29) is 17.1 Å². The lowest BCUT2D eigenvalue weighted by Crippen LogP contribution is -2.49. The molecule has 0 radical (unpaired) electrons. The largest absolute Gasteiger partial charge is 0.392 e. The smallest absolute Gasteiger partial charge is 0.257 e. The Morgan fingerprint density at radius 2 is 1.75 bits per heavy atom. The number of piperidine rings is 1. The SMILES string of the molecule is CSN1CCN(C(=O)c2cnc3ccc(F)cc3c2N2CCC(c3ccccc3)(C(C)O)CC2)CC1. The fourth-order valence-electron chi connectivity index (χ4n) is 5.74. The summed E-state index contributed by atoms with van der Waals surface area (Å²) in [6, 6.07) is 14.8. The van der Waals surface area contributed by atoms with E-state index in [1.807, 2.05) is 30.0 Å². The molecule has 2 saturated heterocycles. The van der Waals surface area contributed by atoms with Gasteiger partial charge in [-0.3, -0.25) is 9.78 Å². The number of amides is 1. The zero-order chi connectivity index (χ0) is 25.3. The molecule has 2 aliphatic rings. The van der Waals surface area contributed by atoms with Crippen molar-refractivity contribution in [3.63, 3.8) is 0 Å². The van der Waals surface area contributed by atoms with E-state index in [9.17, 15) is 14.3 Å². The number of aromatic nitrogens is 1. The van der Waals surface area contributed by atoms with Gasteiger partial charge in [0.05, 0.1) is 22.9 Å². The van der Waals surface area contributed by atoms with Gasteiger partial charge < -0.3 is 14.9 Å². The van der Waals surface area contributed by atoms with Crippen molar-refractivity contribution in [3.8, 4) is 0 Å². The van der Waals surface area contributed by atoms with Crippen LogP contribution in [0.15, 0.2) is 54.7 Å². The van der Waals surface area contributed by atoms with Crippen LogP contribution in [0.2, 0.25) is 0 Å². The molecule has 2 fully saturated rings. The normalized spacial score (nSPS) is 19.4. The number of pyridine rings is 1. The Morgan fingerprint density at radius 3 is 2.39 bits per heavy atom. The molecule has 1 N–H and O–H groups in total. The molecule has 0 aliphatic carbocycles. The summed E-state index contributed by atoms with van der Waals surface area (Å²) >= 11 is 1.70. The van der Waals surface area contributed by atoms with Crippen LogP contribution in [0.25, 0.3) is 10.9 Å². The van der Waals surface area contributed by atoms with Crippen LogP contribution >= 0.6 is 11.9 Å². The molecule has 3 heterocycles. The van der Waals surface area contributed by atoms with Crippen LogP contribution in [-0.4, -0.2) is 76.8 Å². The third-order valence-corrected chi connectivity index (χ3v) is 8.82. The van der Waals surface area contributed by atoms with Crippen molar-refractivity contribution < 1.29 is 14.3 Å². The number of rotatable bonds is 5. The second-order valence-electron chi connectivity index (χ2n) is 9.77. The highest BCUT2D eigenvalue weighted by atomic mass is 32.2. The summed E-state index contributed by atoms with van der Waals surface area (Å²) in [6.07, 6.45) is 4.66. The van der Waals surface area contributed by atoms with E-state index in [1.54, 1.807) is 24.2 Å². The van der Waals surface area contributed by atoms with Crippen molar-refractivity contribution in [2.24, 2.45) is 0 Å². The summed E-state index contributed by atoms with van der Waals surface area (Å²) in [4.78, 5) is 22.4. The van der Waals surface area contributed by atoms with Crippen molar-refractivity contribution in [1.82, 2.24) is 14.2 Å². The number of anilines is 1. The Hall–Kier alpha value is -2.68. The first-order valence-corrected chi connectivity index (χ1v) is 13.8. The summed E-state index contributed by atoms with van der Waals surface area (Å²) < 4.78 is 16.7. The molecule has 1 amide bonds. The van der Waals surface area contributed by atoms with E-state index in [2.05, 4.69) is 32.6 Å². The number of carbonyl (C=O) groups excluding carboxylic acids is 1. The molecule has 36 heavy (non-hydrogen) atoms. The average molecular weight is 509 g/mol. The lowest BCUT2D eigenvalue weighted by Gasteiger charge is -2.45. The number of aliphatic hydroxyl groups is 1. The number of piperazine rings is 1. The molecule has 0 saturated carbocycles. The number of hydrogen-bond acceptors (Lipinski definition) is 6. The topological polar surface area (TPSA) is 59.9 Å². The Labute approximate surface area is 216 Å². The predicted molar refractivity (Wildman–Crippen MR) is 144 cm³/mol. The van der Waals surface area contributed by atoms with Crippen LogP contribution < -0.4 is 4.90 Å². The van der Waals surface area contributed by atoms with Gasteiger partial charge in [-0.05, 0) is 49.8 Å². The molecule has 0 bridgehead atoms. The molecule has 2 aliphatic heterocycles. The van der Waals surface area contributed by atoms with E-state index in [0.29, 0.717) is 42.6 Å². The highest BCUT2D eigenvalue weighted by Gasteiger charge is 2.41. The van der Waals surface area contributed by atoms with Gasteiger partial charge in [0.2, 0.25) is 0 Å². The number of carbonyl (C=O) groups is 1. The Balaban J connectivity index is 1.50. The third kappa shape index (κ3) is 4.58. The fraction of sp³-hybridized carbons (Fsp3) is 0.429. The van der Waals surface area contributed by atoms with Crippen LogP contribution in [0, 0.1) is 5.82 Å². The van der Waals surface area contributed by atoms with Crippen molar-refractivity contribution >= 4 is 34.4 Å². The Morgan fingerprint density at radius 1 is 1.06 bits per heavy atom. The van der Waals surface area contributed by atoms with Gasteiger partial charge >= 0.3 is 0 Å². The molecular formula is C28H33FN4O2S. The maximum absolute atomic E-state index is 14.4. The van der Waals surface area contributed by atoms with Gasteiger partial charge in [-0.2, -0.15) is 0 Å². The van der Waals surface area contributed by atoms with Crippen LogP contribution in [0.3, 0.4) is 0 Å². The molecule has 1 aromatic heterocycles. The predicted octanol–water partition coefficient (Wildman–Crippen LogP) is 4.33. The van der Waals surface area contributed by atoms with Gasteiger partial charge in [0, 0.05) is 56.3 Å². The molecule has 5 rings (SSSR count). The molecule has 0 spiro atoms. The molecule has 1 atom stereocenters. The monoisotopic (exact) mass is 508 g/mol. The Bertz CT molecular complexity index is 1220. The van der Waals surface area contributed by atoms with Gasteiger partial charge in [-0.15, -0.1) is 0 Å². The van der Waals surface area contributed by atoms with Gasteiger partial charge in [-0.1, -0.05) is 42.3 Å². The molecule has 190 valence electrons. The number of hydrogen-bond donors (Lipinski definition) is 1. The van der Waals surface area contributed by atoms with E-state index in [0.717, 1.165) is 37.2 Å². The first-order valence-electron chi connectivity index (χ1n) is 12.6. The first kappa shape index (κ1) is 25.0.